The first-order valence-electron chi connectivity index (χ1n) is 7.12. The second-order valence-electron chi connectivity index (χ2n) is 5.34. The van der Waals surface area contributed by atoms with E-state index in [2.05, 4.69) is 35.3 Å². The summed E-state index contributed by atoms with van der Waals surface area (Å²) in [5.74, 6) is 0. The van der Waals surface area contributed by atoms with Crippen LogP contribution in [0.25, 0.3) is 10.9 Å². The number of rotatable bonds is 3. The van der Waals surface area contributed by atoms with Gasteiger partial charge in [-0.15, -0.1) is 0 Å². The number of aromatic nitrogens is 1. The Morgan fingerprint density at radius 2 is 2.05 bits per heavy atom. The predicted molar refractivity (Wildman–Crippen MR) is 79.8 cm³/mol. The van der Waals surface area contributed by atoms with Gasteiger partial charge < -0.3 is 5.73 Å². The molecule has 2 nitrogen and oxygen atoms in total. The Kier molecular flexibility index (Phi) is 3.60. The largest absolute Gasteiger partial charge is 0.324 e. The molecule has 0 amide bonds. The van der Waals surface area contributed by atoms with E-state index >= 15 is 0 Å². The van der Waals surface area contributed by atoms with Gasteiger partial charge in [0, 0.05) is 17.6 Å². The van der Waals surface area contributed by atoms with Crippen LogP contribution in [-0.4, -0.2) is 4.98 Å². The lowest BCUT2D eigenvalue weighted by atomic mass is 9.91. The van der Waals surface area contributed by atoms with Gasteiger partial charge >= 0.3 is 0 Å². The van der Waals surface area contributed by atoms with E-state index in [1.165, 1.54) is 42.2 Å². The lowest BCUT2D eigenvalue weighted by Crippen LogP contribution is -2.13. The highest BCUT2D eigenvalue weighted by molar-refractivity contribution is 5.82. The standard InChI is InChI=1S/C17H20N2/c18-16(12-13-6-2-1-3-7-13)15-10-4-8-14-9-5-11-19-17(14)15/h4-6,8-11,16H,1-3,7,12,18H2. The summed E-state index contributed by atoms with van der Waals surface area (Å²) in [5, 5.41) is 1.17. The van der Waals surface area contributed by atoms with Crippen molar-refractivity contribution < 1.29 is 0 Å². The van der Waals surface area contributed by atoms with Crippen LogP contribution in [0.3, 0.4) is 0 Å². The predicted octanol–water partition coefficient (Wildman–Crippen LogP) is 4.13. The number of hydrogen-bond acceptors (Lipinski definition) is 2. The molecular weight excluding hydrogens is 232 g/mol. The lowest BCUT2D eigenvalue weighted by molar-refractivity contribution is 0.630. The van der Waals surface area contributed by atoms with Crippen LogP contribution in [0.4, 0.5) is 0 Å². The Morgan fingerprint density at radius 3 is 2.89 bits per heavy atom. The van der Waals surface area contributed by atoms with Crippen LogP contribution >= 0.6 is 0 Å². The second-order valence-corrected chi connectivity index (χ2v) is 5.34. The SMILES string of the molecule is NC(CC1=CCCCC1)c1cccc2cccnc12. The number of fused-ring (bicyclic) bond motifs is 1. The first-order valence-corrected chi connectivity index (χ1v) is 7.12. The summed E-state index contributed by atoms with van der Waals surface area (Å²) < 4.78 is 0. The Bertz CT molecular complexity index is 596. The van der Waals surface area contributed by atoms with E-state index in [1.54, 1.807) is 0 Å². The molecule has 0 saturated carbocycles. The van der Waals surface area contributed by atoms with Crippen LogP contribution in [0.1, 0.15) is 43.7 Å². The molecule has 1 heterocycles. The molecule has 2 N–H and O–H groups in total. The normalized spacial score (nSPS) is 17.2. The van der Waals surface area contributed by atoms with E-state index in [0.29, 0.717) is 0 Å². The molecule has 0 aliphatic heterocycles. The summed E-state index contributed by atoms with van der Waals surface area (Å²) >= 11 is 0. The number of benzene rings is 1. The van der Waals surface area contributed by atoms with E-state index in [4.69, 9.17) is 5.73 Å². The topological polar surface area (TPSA) is 38.9 Å². The molecule has 0 bridgehead atoms. The number of pyridine rings is 1. The van der Waals surface area contributed by atoms with Gasteiger partial charge in [0.2, 0.25) is 0 Å². The van der Waals surface area contributed by atoms with Gasteiger partial charge in [0.1, 0.15) is 0 Å². The van der Waals surface area contributed by atoms with E-state index in [0.717, 1.165) is 11.9 Å². The van der Waals surface area contributed by atoms with E-state index < -0.39 is 0 Å². The van der Waals surface area contributed by atoms with Gasteiger partial charge in [0.25, 0.3) is 0 Å². The fourth-order valence-electron chi connectivity index (χ4n) is 2.91. The fraction of sp³-hybridized carbons (Fsp3) is 0.353. The molecule has 0 fully saturated rings. The summed E-state index contributed by atoms with van der Waals surface area (Å²) in [4.78, 5) is 4.50. The summed E-state index contributed by atoms with van der Waals surface area (Å²) in [6.07, 6.45) is 10.3. The summed E-state index contributed by atoms with van der Waals surface area (Å²) in [6.45, 7) is 0. The minimum absolute atomic E-state index is 0.0583. The van der Waals surface area contributed by atoms with Crippen LogP contribution in [0.2, 0.25) is 0 Å². The summed E-state index contributed by atoms with van der Waals surface area (Å²) in [5.41, 5.74) is 10.2. The van der Waals surface area contributed by atoms with Crippen LogP contribution in [0, 0.1) is 0 Å². The second kappa shape index (κ2) is 5.54. The molecule has 1 aromatic heterocycles. The monoisotopic (exact) mass is 252 g/mol. The molecule has 0 spiro atoms. The highest BCUT2D eigenvalue weighted by Crippen LogP contribution is 2.29. The van der Waals surface area contributed by atoms with Crippen molar-refractivity contribution in [1.82, 2.24) is 4.98 Å². The van der Waals surface area contributed by atoms with E-state index in [9.17, 15) is 0 Å². The quantitative estimate of drug-likeness (QED) is 0.834. The van der Waals surface area contributed by atoms with Crippen molar-refractivity contribution in [1.29, 1.82) is 0 Å². The maximum absolute atomic E-state index is 6.41. The van der Waals surface area contributed by atoms with Gasteiger partial charge in [0.05, 0.1) is 5.52 Å². The molecule has 1 atom stereocenters. The van der Waals surface area contributed by atoms with Gasteiger partial charge in [-0.05, 0) is 43.7 Å². The molecule has 2 heteroatoms. The number of para-hydroxylation sites is 1. The van der Waals surface area contributed by atoms with Gasteiger partial charge in [-0.3, -0.25) is 4.98 Å². The van der Waals surface area contributed by atoms with Gasteiger partial charge in [-0.2, -0.15) is 0 Å². The van der Waals surface area contributed by atoms with Crippen LogP contribution in [0.15, 0.2) is 48.2 Å². The smallest absolute Gasteiger partial charge is 0.0749 e. The minimum Gasteiger partial charge on any atom is -0.324 e. The Balaban J connectivity index is 1.88. The van der Waals surface area contributed by atoms with Crippen LogP contribution < -0.4 is 5.73 Å². The third-order valence-electron chi connectivity index (χ3n) is 3.93. The van der Waals surface area contributed by atoms with Crippen molar-refractivity contribution in [2.75, 3.05) is 0 Å². The zero-order valence-corrected chi connectivity index (χ0v) is 11.2. The zero-order chi connectivity index (χ0) is 13.1. The molecule has 1 unspecified atom stereocenters. The third kappa shape index (κ3) is 2.69. The summed E-state index contributed by atoms with van der Waals surface area (Å²) in [7, 11) is 0. The van der Waals surface area contributed by atoms with E-state index in [1.807, 2.05) is 12.3 Å². The molecule has 1 aliphatic carbocycles. The molecule has 3 rings (SSSR count). The third-order valence-corrected chi connectivity index (χ3v) is 3.93. The maximum atomic E-state index is 6.41. The van der Waals surface area contributed by atoms with Gasteiger partial charge in [-0.25, -0.2) is 0 Å². The first-order chi connectivity index (χ1) is 9.34. The lowest BCUT2D eigenvalue weighted by Gasteiger charge is -2.18. The van der Waals surface area contributed by atoms with Crippen molar-refractivity contribution >= 4 is 10.9 Å². The average Bonchev–Trinajstić information content (AvgIpc) is 2.47. The fourth-order valence-corrected chi connectivity index (χ4v) is 2.91. The molecule has 0 saturated heterocycles. The maximum Gasteiger partial charge on any atom is 0.0749 e. The van der Waals surface area contributed by atoms with Crippen molar-refractivity contribution in [3.8, 4) is 0 Å². The van der Waals surface area contributed by atoms with Crippen LogP contribution in [0.5, 0.6) is 0 Å². The number of nitrogens with zero attached hydrogens (tertiary/aromatic N) is 1. The number of hydrogen-bond donors (Lipinski definition) is 1. The molecule has 2 aromatic rings. The number of allylic oxidation sites excluding steroid dienone is 1. The Labute approximate surface area is 114 Å². The Morgan fingerprint density at radius 1 is 1.16 bits per heavy atom. The molecule has 1 aliphatic rings. The molecule has 1 aromatic carbocycles. The van der Waals surface area contributed by atoms with Crippen molar-refractivity contribution in [2.24, 2.45) is 5.73 Å². The zero-order valence-electron chi connectivity index (χ0n) is 11.2. The highest BCUT2D eigenvalue weighted by Gasteiger charge is 2.13. The van der Waals surface area contributed by atoms with Crippen LogP contribution in [-0.2, 0) is 0 Å². The molecule has 98 valence electrons. The average molecular weight is 252 g/mol. The van der Waals surface area contributed by atoms with Gasteiger partial charge in [0.15, 0.2) is 0 Å². The van der Waals surface area contributed by atoms with Crippen molar-refractivity contribution in [2.45, 2.75) is 38.1 Å². The number of nitrogens with two attached hydrogens (primary N) is 1. The van der Waals surface area contributed by atoms with E-state index in [-0.39, 0.29) is 6.04 Å². The first kappa shape index (κ1) is 12.4. The molecule has 19 heavy (non-hydrogen) atoms. The Hall–Kier alpha value is -1.67. The van der Waals surface area contributed by atoms with Crippen molar-refractivity contribution in [3.63, 3.8) is 0 Å². The molecule has 0 radical (unpaired) electrons. The molecular formula is C17H20N2. The minimum atomic E-state index is 0.0583. The van der Waals surface area contributed by atoms with Gasteiger partial charge in [-0.1, -0.05) is 35.9 Å². The van der Waals surface area contributed by atoms with Crippen molar-refractivity contribution in [3.05, 3.63) is 53.7 Å². The highest BCUT2D eigenvalue weighted by atomic mass is 14.7. The summed E-state index contributed by atoms with van der Waals surface area (Å²) in [6, 6.07) is 10.4.